The molecule has 3 aromatic rings. The van der Waals surface area contributed by atoms with E-state index in [-0.39, 0.29) is 28.8 Å². The fourth-order valence-corrected chi connectivity index (χ4v) is 4.73. The summed E-state index contributed by atoms with van der Waals surface area (Å²) in [5.41, 5.74) is 1.68. The number of anilines is 1. The van der Waals surface area contributed by atoms with Crippen LogP contribution in [-0.4, -0.2) is 51.4 Å². The van der Waals surface area contributed by atoms with E-state index in [0.29, 0.717) is 25.0 Å². The number of nitrogens with zero attached hydrogens (tertiary/aromatic N) is 5. The maximum absolute atomic E-state index is 14.8. The Bertz CT molecular complexity index is 1180. The molecule has 0 unspecified atom stereocenters. The van der Waals surface area contributed by atoms with Crippen molar-refractivity contribution in [2.24, 2.45) is 5.92 Å². The van der Waals surface area contributed by atoms with Gasteiger partial charge in [0.2, 0.25) is 5.95 Å². The molecule has 1 aromatic carbocycles. The Balaban J connectivity index is 1.43. The number of likely N-dealkylation sites (tertiary alicyclic amines) is 1. The summed E-state index contributed by atoms with van der Waals surface area (Å²) in [5, 5.41) is 0. The van der Waals surface area contributed by atoms with Crippen molar-refractivity contribution in [2.45, 2.75) is 26.3 Å². The van der Waals surface area contributed by atoms with Crippen molar-refractivity contribution in [1.29, 1.82) is 0 Å². The van der Waals surface area contributed by atoms with Gasteiger partial charge in [-0.2, -0.15) is 0 Å². The summed E-state index contributed by atoms with van der Waals surface area (Å²) >= 11 is 0. The highest BCUT2D eigenvalue weighted by molar-refractivity contribution is 6.00. The van der Waals surface area contributed by atoms with E-state index in [1.807, 2.05) is 19.9 Å². The van der Waals surface area contributed by atoms with Crippen LogP contribution in [0, 0.1) is 31.4 Å². The average molecular weight is 435 g/mol. The number of carbonyl (C=O) groups excluding carboxylic acids is 1. The number of fused-ring (bicyclic) bond motifs is 1. The molecule has 2 atom stereocenters. The predicted molar refractivity (Wildman–Crippen MR) is 116 cm³/mol. The standard InChI is InChI=1S/C24H23F2N5O/c1-14-11-15(2)29-24(28-14)31-12-16-8-10-30(13-20(16)31)23(32)17-5-3-6-18(25)21(17)22-19(26)7-4-9-27-22/h3-7,9,11,16,20H,8,10,12-13H2,1-2H3/t16-,20-/m0/s1. The molecule has 0 N–H and O–H groups in total. The topological polar surface area (TPSA) is 62.2 Å². The number of halogens is 2. The second-order valence-electron chi connectivity index (χ2n) is 8.47. The first-order valence-electron chi connectivity index (χ1n) is 10.7. The molecule has 2 aliphatic heterocycles. The quantitative estimate of drug-likeness (QED) is 0.627. The third-order valence-electron chi connectivity index (χ3n) is 6.31. The molecule has 2 fully saturated rings. The van der Waals surface area contributed by atoms with Crippen LogP contribution < -0.4 is 4.90 Å². The van der Waals surface area contributed by atoms with Gasteiger partial charge in [0.25, 0.3) is 5.91 Å². The van der Waals surface area contributed by atoms with Gasteiger partial charge in [-0.15, -0.1) is 0 Å². The minimum atomic E-state index is -0.669. The Morgan fingerprint density at radius 2 is 1.78 bits per heavy atom. The number of benzene rings is 1. The van der Waals surface area contributed by atoms with Crippen LogP contribution in [0.2, 0.25) is 0 Å². The van der Waals surface area contributed by atoms with Gasteiger partial charge in [-0.1, -0.05) is 6.07 Å². The Morgan fingerprint density at radius 3 is 2.53 bits per heavy atom. The molecule has 6 nitrogen and oxygen atoms in total. The van der Waals surface area contributed by atoms with Crippen molar-refractivity contribution in [3.63, 3.8) is 0 Å². The summed E-state index contributed by atoms with van der Waals surface area (Å²) in [6.45, 7) is 5.80. The van der Waals surface area contributed by atoms with Crippen molar-refractivity contribution in [1.82, 2.24) is 19.9 Å². The van der Waals surface area contributed by atoms with E-state index in [1.165, 1.54) is 36.5 Å². The first-order valence-corrected chi connectivity index (χ1v) is 10.7. The van der Waals surface area contributed by atoms with Gasteiger partial charge >= 0.3 is 0 Å². The van der Waals surface area contributed by atoms with Gasteiger partial charge < -0.3 is 9.80 Å². The summed E-state index contributed by atoms with van der Waals surface area (Å²) in [6.07, 6.45) is 2.24. The van der Waals surface area contributed by atoms with E-state index in [1.54, 1.807) is 4.90 Å². The van der Waals surface area contributed by atoms with Crippen LogP contribution in [0.3, 0.4) is 0 Å². The number of amides is 1. The first kappa shape index (κ1) is 20.5. The summed E-state index contributed by atoms with van der Waals surface area (Å²) < 4.78 is 29.1. The molecule has 32 heavy (non-hydrogen) atoms. The van der Waals surface area contributed by atoms with Gasteiger partial charge in [0.1, 0.15) is 17.3 Å². The molecule has 2 aromatic heterocycles. The van der Waals surface area contributed by atoms with E-state index in [4.69, 9.17) is 0 Å². The number of hydrogen-bond acceptors (Lipinski definition) is 5. The summed E-state index contributed by atoms with van der Waals surface area (Å²) in [5.74, 6) is -0.514. The molecule has 2 saturated heterocycles. The second-order valence-corrected chi connectivity index (χ2v) is 8.47. The number of pyridine rings is 1. The number of aryl methyl sites for hydroxylation is 2. The van der Waals surface area contributed by atoms with Gasteiger partial charge in [0, 0.05) is 43.1 Å². The van der Waals surface area contributed by atoms with Crippen molar-refractivity contribution < 1.29 is 13.6 Å². The molecule has 5 rings (SSSR count). The largest absolute Gasteiger partial charge is 0.337 e. The van der Waals surface area contributed by atoms with Crippen LogP contribution in [0.4, 0.5) is 14.7 Å². The minimum absolute atomic E-state index is 0.0965. The molecular weight excluding hydrogens is 412 g/mol. The number of aromatic nitrogens is 3. The lowest BCUT2D eigenvalue weighted by atomic mass is 9.82. The molecule has 0 spiro atoms. The molecule has 0 bridgehead atoms. The maximum atomic E-state index is 14.8. The number of hydrogen-bond donors (Lipinski definition) is 0. The van der Waals surface area contributed by atoms with E-state index in [9.17, 15) is 13.6 Å². The highest BCUT2D eigenvalue weighted by atomic mass is 19.1. The van der Waals surface area contributed by atoms with E-state index >= 15 is 0 Å². The summed E-state index contributed by atoms with van der Waals surface area (Å²) in [4.78, 5) is 30.4. The summed E-state index contributed by atoms with van der Waals surface area (Å²) in [7, 11) is 0. The van der Waals surface area contributed by atoms with Gasteiger partial charge in [-0.25, -0.2) is 18.7 Å². The average Bonchev–Trinajstić information content (AvgIpc) is 2.74. The number of rotatable bonds is 3. The van der Waals surface area contributed by atoms with Crippen molar-refractivity contribution >= 4 is 11.9 Å². The number of piperidine rings is 1. The third kappa shape index (κ3) is 3.49. The van der Waals surface area contributed by atoms with Gasteiger partial charge in [0.05, 0.1) is 17.2 Å². The maximum Gasteiger partial charge on any atom is 0.254 e. The lowest BCUT2D eigenvalue weighted by molar-refractivity contribution is 0.0589. The molecule has 0 saturated carbocycles. The number of carbonyl (C=O) groups is 1. The second kappa shape index (κ2) is 7.93. The zero-order valence-electron chi connectivity index (χ0n) is 17.9. The summed E-state index contributed by atoms with van der Waals surface area (Å²) in [6, 6.07) is 8.91. The van der Waals surface area contributed by atoms with E-state index < -0.39 is 11.6 Å². The fraction of sp³-hybridized carbons (Fsp3) is 0.333. The van der Waals surface area contributed by atoms with Crippen molar-refractivity contribution in [2.75, 3.05) is 24.5 Å². The zero-order valence-corrected chi connectivity index (χ0v) is 17.9. The Morgan fingerprint density at radius 1 is 1.03 bits per heavy atom. The monoisotopic (exact) mass is 435 g/mol. The molecule has 0 radical (unpaired) electrons. The van der Waals surface area contributed by atoms with Crippen LogP contribution in [-0.2, 0) is 0 Å². The van der Waals surface area contributed by atoms with Gasteiger partial charge in [0.15, 0.2) is 0 Å². The Kier molecular flexibility index (Phi) is 5.07. The predicted octanol–water partition coefficient (Wildman–Crippen LogP) is 3.78. The van der Waals surface area contributed by atoms with Crippen LogP contribution >= 0.6 is 0 Å². The van der Waals surface area contributed by atoms with Gasteiger partial charge in [-0.3, -0.25) is 9.78 Å². The molecule has 0 aliphatic carbocycles. The van der Waals surface area contributed by atoms with E-state index in [0.717, 1.165) is 24.4 Å². The molecular formula is C24H23F2N5O. The third-order valence-corrected chi connectivity index (χ3v) is 6.31. The van der Waals surface area contributed by atoms with Crippen molar-refractivity contribution in [3.05, 3.63) is 71.2 Å². The molecule has 164 valence electrons. The fourth-order valence-electron chi connectivity index (χ4n) is 4.73. The van der Waals surface area contributed by atoms with Crippen LogP contribution in [0.25, 0.3) is 11.3 Å². The molecule has 4 heterocycles. The molecule has 1 amide bonds. The van der Waals surface area contributed by atoms with E-state index in [2.05, 4.69) is 19.9 Å². The highest BCUT2D eigenvalue weighted by Gasteiger charge is 2.45. The molecule has 2 aliphatic rings. The molecule has 8 heteroatoms. The zero-order chi connectivity index (χ0) is 22.4. The SMILES string of the molecule is Cc1cc(C)nc(N2C[C@@H]3CCN(C(=O)c4cccc(F)c4-c4ncccc4F)C[C@@H]32)n1. The lowest BCUT2D eigenvalue weighted by Gasteiger charge is -2.53. The first-order chi connectivity index (χ1) is 15.4. The highest BCUT2D eigenvalue weighted by Crippen LogP contribution is 2.36. The normalized spacial score (nSPS) is 20.0. The minimum Gasteiger partial charge on any atom is -0.337 e. The Hall–Kier alpha value is -3.42. The van der Waals surface area contributed by atoms with Crippen molar-refractivity contribution in [3.8, 4) is 11.3 Å². The van der Waals surface area contributed by atoms with Crippen LogP contribution in [0.15, 0.2) is 42.6 Å². The van der Waals surface area contributed by atoms with Crippen LogP contribution in [0.5, 0.6) is 0 Å². The smallest absolute Gasteiger partial charge is 0.254 e. The van der Waals surface area contributed by atoms with Gasteiger partial charge in [-0.05, 0) is 50.6 Å². The lowest BCUT2D eigenvalue weighted by Crippen LogP contribution is -2.65. The Labute approximate surface area is 184 Å². The van der Waals surface area contributed by atoms with Crippen LogP contribution in [0.1, 0.15) is 28.2 Å².